The minimum Gasteiger partial charge on any atom is -0.271 e. The molecular formula is C12H19N5O2S. The van der Waals surface area contributed by atoms with Crippen molar-refractivity contribution in [2.24, 2.45) is 7.05 Å². The first-order valence-corrected chi connectivity index (χ1v) is 7.77. The molecule has 2 aromatic rings. The lowest BCUT2D eigenvalue weighted by Gasteiger charge is -2.16. The molecule has 0 unspecified atom stereocenters. The van der Waals surface area contributed by atoms with Crippen molar-refractivity contribution >= 4 is 10.0 Å². The summed E-state index contributed by atoms with van der Waals surface area (Å²) in [5.74, 6) is 0. The van der Waals surface area contributed by atoms with Gasteiger partial charge in [-0.05, 0) is 19.9 Å². The van der Waals surface area contributed by atoms with E-state index in [0.29, 0.717) is 12.2 Å². The zero-order valence-electron chi connectivity index (χ0n) is 12.1. The highest BCUT2D eigenvalue weighted by Gasteiger charge is 2.25. The maximum atomic E-state index is 12.6. The minimum absolute atomic E-state index is 0.254. The fourth-order valence-electron chi connectivity index (χ4n) is 1.95. The van der Waals surface area contributed by atoms with E-state index in [1.165, 1.54) is 4.31 Å². The number of hydrogen-bond acceptors (Lipinski definition) is 4. The van der Waals surface area contributed by atoms with Crippen molar-refractivity contribution in [3.05, 3.63) is 29.8 Å². The van der Waals surface area contributed by atoms with E-state index in [9.17, 15) is 8.42 Å². The van der Waals surface area contributed by atoms with Gasteiger partial charge in [0.05, 0.1) is 17.9 Å². The second kappa shape index (κ2) is 5.37. The Morgan fingerprint density at radius 2 is 2.10 bits per heavy atom. The van der Waals surface area contributed by atoms with Crippen LogP contribution >= 0.6 is 0 Å². The van der Waals surface area contributed by atoms with Crippen molar-refractivity contribution < 1.29 is 8.42 Å². The first-order valence-electron chi connectivity index (χ1n) is 6.33. The molecule has 2 aromatic heterocycles. The van der Waals surface area contributed by atoms with E-state index in [1.807, 2.05) is 6.92 Å². The molecule has 0 N–H and O–H groups in total. The number of sulfonamides is 1. The lowest BCUT2D eigenvalue weighted by molar-refractivity contribution is 0.452. The summed E-state index contributed by atoms with van der Waals surface area (Å²) in [6, 6.07) is 1.80. The average Bonchev–Trinajstić information content (AvgIpc) is 2.96. The van der Waals surface area contributed by atoms with Gasteiger partial charge in [-0.3, -0.25) is 9.36 Å². The van der Waals surface area contributed by atoms with Crippen molar-refractivity contribution in [3.8, 4) is 0 Å². The summed E-state index contributed by atoms with van der Waals surface area (Å²) in [5, 5.41) is 8.22. The Kier molecular flexibility index (Phi) is 3.96. The highest BCUT2D eigenvalue weighted by atomic mass is 32.2. The quantitative estimate of drug-likeness (QED) is 0.817. The number of hydrogen-bond donors (Lipinski definition) is 0. The molecular weight excluding hydrogens is 278 g/mol. The largest absolute Gasteiger partial charge is 0.271 e. The van der Waals surface area contributed by atoms with Crippen LogP contribution in [-0.4, -0.2) is 39.3 Å². The van der Waals surface area contributed by atoms with Gasteiger partial charge in [0, 0.05) is 33.0 Å². The smallest absolute Gasteiger partial charge is 0.246 e. The first-order chi connectivity index (χ1) is 9.36. The Balaban J connectivity index is 2.29. The predicted molar refractivity (Wildman–Crippen MR) is 74.5 cm³/mol. The Labute approximate surface area is 118 Å². The third-order valence-electron chi connectivity index (χ3n) is 3.22. The van der Waals surface area contributed by atoms with Crippen molar-refractivity contribution in [1.29, 1.82) is 0 Å². The van der Waals surface area contributed by atoms with Gasteiger partial charge in [0.1, 0.15) is 4.90 Å². The van der Waals surface area contributed by atoms with Gasteiger partial charge in [0.2, 0.25) is 10.0 Å². The van der Waals surface area contributed by atoms with Crippen LogP contribution in [0, 0.1) is 6.92 Å². The zero-order chi connectivity index (χ0) is 14.9. The predicted octanol–water partition coefficient (Wildman–Crippen LogP) is 0.766. The van der Waals surface area contributed by atoms with E-state index in [-0.39, 0.29) is 11.4 Å². The van der Waals surface area contributed by atoms with Gasteiger partial charge in [-0.1, -0.05) is 0 Å². The van der Waals surface area contributed by atoms with Crippen molar-refractivity contribution in [1.82, 2.24) is 23.9 Å². The highest BCUT2D eigenvalue weighted by Crippen LogP contribution is 2.19. The molecule has 0 spiro atoms. The van der Waals surface area contributed by atoms with E-state index in [4.69, 9.17) is 0 Å². The molecule has 2 heterocycles. The Hall–Kier alpha value is -1.67. The molecule has 0 fully saturated rings. The van der Waals surface area contributed by atoms with Crippen molar-refractivity contribution in [2.45, 2.75) is 31.8 Å². The molecule has 0 amide bonds. The van der Waals surface area contributed by atoms with Crippen LogP contribution in [0.1, 0.15) is 18.3 Å². The Morgan fingerprint density at radius 3 is 2.60 bits per heavy atom. The maximum Gasteiger partial charge on any atom is 0.246 e. The fraction of sp³-hybridized carbons (Fsp3) is 0.500. The molecule has 0 atom stereocenters. The van der Waals surface area contributed by atoms with Crippen molar-refractivity contribution in [2.75, 3.05) is 7.05 Å². The highest BCUT2D eigenvalue weighted by molar-refractivity contribution is 7.89. The normalized spacial score (nSPS) is 12.2. The van der Waals surface area contributed by atoms with E-state index >= 15 is 0 Å². The van der Waals surface area contributed by atoms with Gasteiger partial charge in [-0.15, -0.1) is 0 Å². The van der Waals surface area contributed by atoms with Crippen LogP contribution in [0.25, 0.3) is 0 Å². The van der Waals surface area contributed by atoms with E-state index in [1.54, 1.807) is 48.8 Å². The summed E-state index contributed by atoms with van der Waals surface area (Å²) < 4.78 is 29.7. The summed E-state index contributed by atoms with van der Waals surface area (Å²) in [6.07, 6.45) is 3.22. The molecule has 0 aromatic carbocycles. The SMILES string of the molecule is CCn1cc(S(=O)(=O)N(C)Cc2ccnn2C)c(C)n1. The average molecular weight is 297 g/mol. The minimum atomic E-state index is -3.54. The molecule has 0 saturated heterocycles. The standard InChI is InChI=1S/C12H19N5O2S/c1-5-17-9-12(10(2)14-17)20(18,19)15(3)8-11-6-7-13-16(11)4/h6-7,9H,5,8H2,1-4H3. The number of rotatable bonds is 5. The summed E-state index contributed by atoms with van der Waals surface area (Å²) in [6.45, 7) is 4.54. The van der Waals surface area contributed by atoms with E-state index in [2.05, 4.69) is 10.2 Å². The summed E-state index contributed by atoms with van der Waals surface area (Å²) in [4.78, 5) is 0.254. The van der Waals surface area contributed by atoms with Crippen molar-refractivity contribution in [3.63, 3.8) is 0 Å². The van der Waals surface area contributed by atoms with Crippen LogP contribution in [0.3, 0.4) is 0 Å². The molecule has 2 rings (SSSR count). The van der Waals surface area contributed by atoms with Gasteiger partial charge < -0.3 is 0 Å². The van der Waals surface area contributed by atoms with Crippen LogP contribution in [0.2, 0.25) is 0 Å². The molecule has 110 valence electrons. The third kappa shape index (κ3) is 2.61. The first kappa shape index (κ1) is 14.7. The molecule has 7 nitrogen and oxygen atoms in total. The molecule has 0 saturated carbocycles. The van der Waals surface area contributed by atoms with E-state index < -0.39 is 10.0 Å². The molecule has 0 aliphatic heterocycles. The Bertz CT molecular complexity index is 701. The monoisotopic (exact) mass is 297 g/mol. The topological polar surface area (TPSA) is 73.0 Å². The molecule has 0 radical (unpaired) electrons. The van der Waals surface area contributed by atoms with Gasteiger partial charge >= 0.3 is 0 Å². The van der Waals surface area contributed by atoms with Gasteiger partial charge in [-0.25, -0.2) is 8.42 Å². The lowest BCUT2D eigenvalue weighted by Crippen LogP contribution is -2.27. The molecule has 0 aliphatic carbocycles. The van der Waals surface area contributed by atoms with Gasteiger partial charge in [-0.2, -0.15) is 14.5 Å². The number of nitrogens with zero attached hydrogens (tertiary/aromatic N) is 5. The van der Waals surface area contributed by atoms with Crippen LogP contribution in [0.5, 0.6) is 0 Å². The lowest BCUT2D eigenvalue weighted by atomic mass is 10.4. The van der Waals surface area contributed by atoms with Crippen LogP contribution in [-0.2, 0) is 30.2 Å². The summed E-state index contributed by atoms with van der Waals surface area (Å²) in [5.41, 5.74) is 1.35. The molecule has 8 heteroatoms. The zero-order valence-corrected chi connectivity index (χ0v) is 12.9. The summed E-state index contributed by atoms with van der Waals surface area (Å²) >= 11 is 0. The Morgan fingerprint density at radius 1 is 1.40 bits per heavy atom. The number of aryl methyl sites for hydroxylation is 3. The third-order valence-corrected chi connectivity index (χ3v) is 5.13. The van der Waals surface area contributed by atoms with E-state index in [0.717, 1.165) is 5.69 Å². The second-order valence-corrected chi connectivity index (χ2v) is 6.65. The van der Waals surface area contributed by atoms with Crippen LogP contribution in [0.15, 0.2) is 23.4 Å². The molecule has 20 heavy (non-hydrogen) atoms. The van der Waals surface area contributed by atoms with Gasteiger partial charge in [0.15, 0.2) is 0 Å². The maximum absolute atomic E-state index is 12.6. The second-order valence-electron chi connectivity index (χ2n) is 4.64. The number of aromatic nitrogens is 4. The van der Waals surface area contributed by atoms with Crippen LogP contribution in [0.4, 0.5) is 0 Å². The fourth-order valence-corrected chi connectivity index (χ4v) is 3.26. The molecule has 0 aliphatic rings. The van der Waals surface area contributed by atoms with Crippen LogP contribution < -0.4 is 0 Å². The molecule has 0 bridgehead atoms. The summed E-state index contributed by atoms with van der Waals surface area (Å²) in [7, 11) is -0.194. The van der Waals surface area contributed by atoms with Gasteiger partial charge in [0.25, 0.3) is 0 Å².